The number of hydrogen-bond donors (Lipinski definition) is 1. The molecule has 0 aliphatic carbocycles. The molecule has 1 atom stereocenters. The molecule has 0 saturated carbocycles. The lowest BCUT2D eigenvalue weighted by Gasteiger charge is -2.44. The molecule has 0 spiro atoms. The minimum atomic E-state index is -1.30. The zero-order chi connectivity index (χ0) is 16.3. The Morgan fingerprint density at radius 3 is 2.45 bits per heavy atom. The second-order valence-corrected chi connectivity index (χ2v) is 6.75. The topological polar surface area (TPSA) is 64.1 Å². The number of piperazine rings is 1. The summed E-state index contributed by atoms with van der Waals surface area (Å²) in [7, 11) is 3.78. The van der Waals surface area contributed by atoms with Gasteiger partial charge in [-0.25, -0.2) is 0 Å². The zero-order valence-corrected chi connectivity index (χ0v) is 14.0. The van der Waals surface area contributed by atoms with Crippen molar-refractivity contribution in [3.63, 3.8) is 0 Å². The maximum absolute atomic E-state index is 12.9. The fourth-order valence-electron chi connectivity index (χ4n) is 3.30. The molecule has 126 valence electrons. The van der Waals surface area contributed by atoms with Crippen molar-refractivity contribution in [1.29, 1.82) is 0 Å². The van der Waals surface area contributed by atoms with Gasteiger partial charge in [-0.2, -0.15) is 0 Å². The third-order valence-electron chi connectivity index (χ3n) is 5.02. The minimum Gasteiger partial charge on any atom is -0.380 e. The lowest BCUT2D eigenvalue weighted by molar-refractivity contribution is -0.166. The van der Waals surface area contributed by atoms with Gasteiger partial charge in [0.25, 0.3) is 5.91 Å². The summed E-state index contributed by atoms with van der Waals surface area (Å²) in [5.41, 5.74) is -1.30. The van der Waals surface area contributed by atoms with Crippen LogP contribution in [0.15, 0.2) is 0 Å². The van der Waals surface area contributed by atoms with E-state index >= 15 is 0 Å². The summed E-state index contributed by atoms with van der Waals surface area (Å²) < 4.78 is 0. The highest BCUT2D eigenvalue weighted by Gasteiger charge is 2.45. The van der Waals surface area contributed by atoms with Gasteiger partial charge in [-0.05, 0) is 26.3 Å². The summed E-state index contributed by atoms with van der Waals surface area (Å²) in [5, 5.41) is 10.8. The highest BCUT2D eigenvalue weighted by atomic mass is 16.3. The summed E-state index contributed by atoms with van der Waals surface area (Å²) in [6.07, 6.45) is 3.48. The number of likely N-dealkylation sites (N-methyl/N-ethyl adjacent to an activating group) is 1. The number of unbranched alkanes of at least 4 members (excludes halogenated alkanes) is 1. The van der Waals surface area contributed by atoms with Crippen molar-refractivity contribution in [1.82, 2.24) is 14.7 Å². The van der Waals surface area contributed by atoms with Gasteiger partial charge in [-0.3, -0.25) is 9.59 Å². The Labute approximate surface area is 133 Å². The standard InChI is InChI=1S/C16H29N3O3/c1-4-5-6-13-14(20)18(3)11-12-19(13)15(21)16(22)7-9-17(2)10-8-16/h13,22H,4-12H2,1-3H3. The molecule has 2 fully saturated rings. The number of rotatable bonds is 4. The van der Waals surface area contributed by atoms with Crippen LogP contribution >= 0.6 is 0 Å². The smallest absolute Gasteiger partial charge is 0.255 e. The molecule has 2 saturated heterocycles. The highest BCUT2D eigenvalue weighted by Crippen LogP contribution is 2.27. The Balaban J connectivity index is 2.13. The number of carbonyl (C=O) groups is 2. The van der Waals surface area contributed by atoms with Crippen molar-refractivity contribution in [2.75, 3.05) is 40.3 Å². The van der Waals surface area contributed by atoms with Crippen molar-refractivity contribution in [3.05, 3.63) is 0 Å². The van der Waals surface area contributed by atoms with Gasteiger partial charge >= 0.3 is 0 Å². The lowest BCUT2D eigenvalue weighted by atomic mass is 9.88. The highest BCUT2D eigenvalue weighted by molar-refractivity contribution is 5.92. The molecule has 1 unspecified atom stereocenters. The van der Waals surface area contributed by atoms with Gasteiger partial charge in [0.2, 0.25) is 5.91 Å². The van der Waals surface area contributed by atoms with Crippen molar-refractivity contribution in [3.8, 4) is 0 Å². The van der Waals surface area contributed by atoms with Crippen LogP contribution in [-0.2, 0) is 9.59 Å². The van der Waals surface area contributed by atoms with Gasteiger partial charge in [0.05, 0.1) is 0 Å². The average molecular weight is 311 g/mol. The molecule has 0 aromatic rings. The summed E-state index contributed by atoms with van der Waals surface area (Å²) in [4.78, 5) is 30.8. The van der Waals surface area contributed by atoms with Crippen LogP contribution in [0.25, 0.3) is 0 Å². The van der Waals surface area contributed by atoms with Crippen LogP contribution in [0.1, 0.15) is 39.0 Å². The third kappa shape index (κ3) is 3.43. The number of aliphatic hydroxyl groups is 1. The van der Waals surface area contributed by atoms with Crippen LogP contribution in [0.3, 0.4) is 0 Å². The van der Waals surface area contributed by atoms with Gasteiger partial charge in [-0.1, -0.05) is 19.8 Å². The molecule has 0 bridgehead atoms. The van der Waals surface area contributed by atoms with Crippen LogP contribution in [-0.4, -0.2) is 83.5 Å². The summed E-state index contributed by atoms with van der Waals surface area (Å²) in [5.74, 6) is -0.243. The summed E-state index contributed by atoms with van der Waals surface area (Å²) >= 11 is 0. The maximum Gasteiger partial charge on any atom is 0.255 e. The molecule has 6 heteroatoms. The van der Waals surface area contributed by atoms with E-state index in [1.54, 1.807) is 16.8 Å². The number of likely N-dealkylation sites (tertiary alicyclic amines) is 1. The number of amides is 2. The van der Waals surface area contributed by atoms with E-state index in [0.717, 1.165) is 12.8 Å². The van der Waals surface area contributed by atoms with Crippen LogP contribution < -0.4 is 0 Å². The predicted octanol–water partition coefficient (Wildman–Crippen LogP) is 0.303. The Morgan fingerprint density at radius 2 is 1.86 bits per heavy atom. The van der Waals surface area contributed by atoms with E-state index in [0.29, 0.717) is 45.4 Å². The van der Waals surface area contributed by atoms with Crippen molar-refractivity contribution < 1.29 is 14.7 Å². The average Bonchev–Trinajstić information content (AvgIpc) is 2.51. The number of carbonyl (C=O) groups excluding carboxylic acids is 2. The van der Waals surface area contributed by atoms with Crippen LogP contribution in [0.2, 0.25) is 0 Å². The molecular formula is C16H29N3O3. The SMILES string of the molecule is CCCCC1C(=O)N(C)CCN1C(=O)C1(O)CCN(C)CC1. The van der Waals surface area contributed by atoms with E-state index < -0.39 is 11.6 Å². The second kappa shape index (κ2) is 6.96. The Hall–Kier alpha value is -1.14. The first-order chi connectivity index (χ1) is 10.4. The van der Waals surface area contributed by atoms with Crippen molar-refractivity contribution in [2.24, 2.45) is 0 Å². The summed E-state index contributed by atoms with van der Waals surface area (Å²) in [6.45, 7) is 4.57. The molecule has 2 rings (SSSR count). The van der Waals surface area contributed by atoms with Gasteiger partial charge in [0, 0.05) is 33.2 Å². The molecule has 2 amide bonds. The van der Waals surface area contributed by atoms with E-state index in [-0.39, 0.29) is 11.8 Å². The molecular weight excluding hydrogens is 282 g/mol. The third-order valence-corrected chi connectivity index (χ3v) is 5.02. The normalized spacial score (nSPS) is 26.4. The Bertz CT molecular complexity index is 419. The van der Waals surface area contributed by atoms with Crippen LogP contribution in [0.5, 0.6) is 0 Å². The van der Waals surface area contributed by atoms with Crippen molar-refractivity contribution >= 4 is 11.8 Å². The number of hydrogen-bond acceptors (Lipinski definition) is 4. The lowest BCUT2D eigenvalue weighted by Crippen LogP contribution is -2.63. The van der Waals surface area contributed by atoms with E-state index in [9.17, 15) is 14.7 Å². The number of nitrogens with zero attached hydrogens (tertiary/aromatic N) is 3. The molecule has 0 aromatic carbocycles. The van der Waals surface area contributed by atoms with Crippen molar-refractivity contribution in [2.45, 2.75) is 50.7 Å². The molecule has 0 aromatic heterocycles. The maximum atomic E-state index is 12.9. The van der Waals surface area contributed by atoms with Gasteiger partial charge in [0.15, 0.2) is 0 Å². The molecule has 2 aliphatic heterocycles. The minimum absolute atomic E-state index is 0.00424. The fourth-order valence-corrected chi connectivity index (χ4v) is 3.30. The molecule has 2 heterocycles. The molecule has 0 radical (unpaired) electrons. The zero-order valence-electron chi connectivity index (χ0n) is 14.0. The monoisotopic (exact) mass is 311 g/mol. The van der Waals surface area contributed by atoms with E-state index in [1.165, 1.54) is 0 Å². The van der Waals surface area contributed by atoms with Crippen LogP contribution in [0.4, 0.5) is 0 Å². The van der Waals surface area contributed by atoms with Gasteiger partial charge < -0.3 is 19.8 Å². The molecule has 2 aliphatic rings. The Kier molecular flexibility index (Phi) is 5.45. The summed E-state index contributed by atoms with van der Waals surface area (Å²) in [6, 6.07) is -0.408. The first kappa shape index (κ1) is 17.2. The molecule has 6 nitrogen and oxygen atoms in total. The second-order valence-electron chi connectivity index (χ2n) is 6.75. The van der Waals surface area contributed by atoms with E-state index in [4.69, 9.17) is 0 Å². The predicted molar refractivity (Wildman–Crippen MR) is 84.3 cm³/mol. The van der Waals surface area contributed by atoms with E-state index in [2.05, 4.69) is 11.8 Å². The first-order valence-corrected chi connectivity index (χ1v) is 8.36. The van der Waals surface area contributed by atoms with Crippen LogP contribution in [0, 0.1) is 0 Å². The number of piperidine rings is 1. The quantitative estimate of drug-likeness (QED) is 0.811. The first-order valence-electron chi connectivity index (χ1n) is 8.36. The molecule has 1 N–H and O–H groups in total. The van der Waals surface area contributed by atoms with E-state index in [1.807, 2.05) is 7.05 Å². The van der Waals surface area contributed by atoms with Gasteiger partial charge in [0.1, 0.15) is 11.6 Å². The largest absolute Gasteiger partial charge is 0.380 e. The van der Waals surface area contributed by atoms with Gasteiger partial charge in [-0.15, -0.1) is 0 Å². The fraction of sp³-hybridized carbons (Fsp3) is 0.875. The Morgan fingerprint density at radius 1 is 1.23 bits per heavy atom. The molecule has 22 heavy (non-hydrogen) atoms.